The minimum atomic E-state index is -0.902. The Labute approximate surface area is 234 Å². The molecule has 3 N–H and O–H groups in total. The van der Waals surface area contributed by atoms with Crippen molar-refractivity contribution in [3.63, 3.8) is 0 Å². The zero-order valence-electron chi connectivity index (χ0n) is 21.4. The maximum Gasteiger partial charge on any atom is 0.340 e. The molecule has 2 aromatic rings. The number of anilines is 1. The first-order chi connectivity index (χ1) is 17.9. The number of methoxy groups -OCH3 is 1. The third kappa shape index (κ3) is 5.73. The average molecular weight is 604 g/mol. The molecule has 1 amide bonds. The number of carbonyl (C=O) groups is 3. The zero-order chi connectivity index (χ0) is 27.8. The highest BCUT2D eigenvalue weighted by Gasteiger charge is 2.45. The van der Waals surface area contributed by atoms with Crippen molar-refractivity contribution in [1.29, 1.82) is 0 Å². The first-order valence-electron chi connectivity index (χ1n) is 11.9. The van der Waals surface area contributed by atoms with Crippen LogP contribution in [0.2, 0.25) is 5.02 Å². The van der Waals surface area contributed by atoms with Crippen molar-refractivity contribution in [1.82, 2.24) is 0 Å². The summed E-state index contributed by atoms with van der Waals surface area (Å²) >= 11 is 9.63. The number of allylic oxidation sites excluding steroid dienone is 2. The Morgan fingerprint density at radius 1 is 1.21 bits per heavy atom. The van der Waals surface area contributed by atoms with Crippen LogP contribution in [0.25, 0.3) is 0 Å². The topological polar surface area (TPSA) is 117 Å². The number of halogens is 2. The Bertz CT molecular complexity index is 1400. The van der Waals surface area contributed by atoms with Gasteiger partial charge >= 0.3 is 5.97 Å². The Morgan fingerprint density at radius 3 is 2.63 bits per heavy atom. The Hall–Kier alpha value is -3.30. The molecule has 4 rings (SSSR count). The van der Waals surface area contributed by atoms with Gasteiger partial charge in [-0.1, -0.05) is 47.4 Å². The lowest BCUT2D eigenvalue weighted by atomic mass is 9.70. The van der Waals surface area contributed by atoms with Crippen LogP contribution in [-0.4, -0.2) is 31.4 Å². The first-order valence-corrected chi connectivity index (χ1v) is 13.1. The van der Waals surface area contributed by atoms with Gasteiger partial charge in [-0.15, -0.1) is 0 Å². The second-order valence-electron chi connectivity index (χ2n) is 10.1. The predicted octanol–water partition coefficient (Wildman–Crippen LogP) is 5.53. The van der Waals surface area contributed by atoms with Crippen molar-refractivity contribution in [3.8, 4) is 5.75 Å². The molecule has 1 aliphatic heterocycles. The van der Waals surface area contributed by atoms with Crippen LogP contribution in [-0.2, 0) is 23.9 Å². The molecule has 8 nitrogen and oxygen atoms in total. The van der Waals surface area contributed by atoms with E-state index in [2.05, 4.69) is 21.2 Å². The second-order valence-corrected chi connectivity index (χ2v) is 11.4. The molecule has 0 saturated carbocycles. The van der Waals surface area contributed by atoms with Crippen molar-refractivity contribution in [3.05, 3.63) is 79.8 Å². The van der Waals surface area contributed by atoms with Gasteiger partial charge in [-0.05, 0) is 48.2 Å². The molecule has 0 saturated heterocycles. The van der Waals surface area contributed by atoms with Crippen LogP contribution in [0.3, 0.4) is 0 Å². The van der Waals surface area contributed by atoms with Crippen LogP contribution in [0, 0.1) is 12.3 Å². The number of nitrogens with two attached hydrogens (primary N) is 1. The molecule has 0 bridgehead atoms. The van der Waals surface area contributed by atoms with Crippen LogP contribution in [0.4, 0.5) is 5.69 Å². The minimum absolute atomic E-state index is 0.000930. The normalized spacial score (nSPS) is 18.5. The van der Waals surface area contributed by atoms with Gasteiger partial charge in [-0.2, -0.15) is 0 Å². The lowest BCUT2D eigenvalue weighted by Gasteiger charge is -2.38. The highest BCUT2D eigenvalue weighted by atomic mass is 79.9. The van der Waals surface area contributed by atoms with Gasteiger partial charge in [-0.3, -0.25) is 9.59 Å². The van der Waals surface area contributed by atoms with Crippen molar-refractivity contribution in [2.24, 2.45) is 11.1 Å². The summed E-state index contributed by atoms with van der Waals surface area (Å²) in [5.41, 5.74) is 8.12. The molecular weight excluding hydrogens is 576 g/mol. The molecule has 38 heavy (non-hydrogen) atoms. The maximum atomic E-state index is 13.4. The molecule has 1 atom stereocenters. The predicted molar refractivity (Wildman–Crippen MR) is 147 cm³/mol. The molecule has 0 aromatic heterocycles. The summed E-state index contributed by atoms with van der Waals surface area (Å²) in [7, 11) is 1.23. The Balaban J connectivity index is 1.71. The van der Waals surface area contributed by atoms with Crippen LogP contribution in [0.5, 0.6) is 5.75 Å². The Kier molecular flexibility index (Phi) is 7.90. The lowest BCUT2D eigenvalue weighted by Crippen LogP contribution is -2.35. The molecule has 1 aliphatic carbocycles. The number of hydrogen-bond acceptors (Lipinski definition) is 7. The summed E-state index contributed by atoms with van der Waals surface area (Å²) < 4.78 is 17.4. The van der Waals surface area contributed by atoms with E-state index >= 15 is 0 Å². The van der Waals surface area contributed by atoms with Gasteiger partial charge in [0, 0.05) is 39.2 Å². The molecule has 2 aliphatic rings. The number of ketones is 1. The fraction of sp³-hybridized carbons (Fsp3) is 0.321. The molecule has 1 heterocycles. The van der Waals surface area contributed by atoms with Gasteiger partial charge in [0.2, 0.25) is 5.88 Å². The van der Waals surface area contributed by atoms with Gasteiger partial charge in [0.15, 0.2) is 12.4 Å². The van der Waals surface area contributed by atoms with Crippen LogP contribution in [0.1, 0.15) is 43.7 Å². The molecule has 0 fully saturated rings. The third-order valence-electron chi connectivity index (χ3n) is 6.46. The van der Waals surface area contributed by atoms with Gasteiger partial charge in [0.25, 0.3) is 5.91 Å². The van der Waals surface area contributed by atoms with E-state index in [1.807, 2.05) is 20.8 Å². The lowest BCUT2D eigenvalue weighted by molar-refractivity contribution is -0.136. The molecule has 1 unspecified atom stereocenters. The number of ether oxygens (including phenoxy) is 3. The first kappa shape index (κ1) is 27.7. The van der Waals surface area contributed by atoms with E-state index in [0.717, 1.165) is 5.56 Å². The molecule has 2 aromatic carbocycles. The SMILES string of the molecule is COC(=O)C1=C(N)OC2=C(C(=O)CC(C)(C)C2)C1c1cc(Br)ccc1OCC(=O)Nc1ccc(C)c(Cl)c1. The summed E-state index contributed by atoms with van der Waals surface area (Å²) in [6.07, 6.45) is 0.733. The van der Waals surface area contributed by atoms with Gasteiger partial charge in [0.05, 0.1) is 13.0 Å². The molecule has 0 radical (unpaired) electrons. The monoisotopic (exact) mass is 602 g/mol. The number of esters is 1. The molecule has 200 valence electrons. The number of rotatable bonds is 6. The van der Waals surface area contributed by atoms with E-state index in [1.54, 1.807) is 36.4 Å². The minimum Gasteiger partial charge on any atom is -0.483 e. The highest BCUT2D eigenvalue weighted by molar-refractivity contribution is 9.10. The molecular formula is C28H28BrClN2O6. The highest BCUT2D eigenvalue weighted by Crippen LogP contribution is 2.50. The third-order valence-corrected chi connectivity index (χ3v) is 7.36. The standard InChI is InChI=1S/C28H28BrClN2O6/c1-14-5-7-16(10-18(14)30)32-22(34)13-37-20-8-6-15(29)9-17(20)23-24-19(33)11-28(2,3)12-21(24)38-26(31)25(23)27(35)36-4/h5-10,23H,11-13,31H2,1-4H3,(H,32,34). The summed E-state index contributed by atoms with van der Waals surface area (Å²) in [6.45, 7) is 5.47. The largest absolute Gasteiger partial charge is 0.483 e. The summed E-state index contributed by atoms with van der Waals surface area (Å²) in [6, 6.07) is 10.3. The van der Waals surface area contributed by atoms with E-state index in [-0.39, 0.29) is 35.7 Å². The maximum absolute atomic E-state index is 13.4. The van der Waals surface area contributed by atoms with Gasteiger partial charge < -0.3 is 25.3 Å². The van der Waals surface area contributed by atoms with E-state index < -0.39 is 17.8 Å². The van der Waals surface area contributed by atoms with Crippen LogP contribution < -0.4 is 15.8 Å². The fourth-order valence-electron chi connectivity index (χ4n) is 4.69. The van der Waals surface area contributed by atoms with E-state index in [4.69, 9.17) is 31.5 Å². The van der Waals surface area contributed by atoms with Crippen molar-refractivity contribution in [2.45, 2.75) is 39.5 Å². The number of aryl methyl sites for hydroxylation is 1. The second kappa shape index (κ2) is 10.8. The summed E-state index contributed by atoms with van der Waals surface area (Å²) in [5.74, 6) is -1.61. The van der Waals surface area contributed by atoms with Crippen LogP contribution in [0.15, 0.2) is 63.7 Å². The number of benzene rings is 2. The van der Waals surface area contributed by atoms with E-state index in [9.17, 15) is 14.4 Å². The number of hydrogen-bond donors (Lipinski definition) is 2. The zero-order valence-corrected chi connectivity index (χ0v) is 23.8. The molecule has 0 spiro atoms. The number of amides is 1. The smallest absolute Gasteiger partial charge is 0.340 e. The Morgan fingerprint density at radius 2 is 1.95 bits per heavy atom. The van der Waals surface area contributed by atoms with E-state index in [0.29, 0.717) is 44.2 Å². The van der Waals surface area contributed by atoms with Gasteiger partial charge in [-0.25, -0.2) is 4.79 Å². The number of carbonyl (C=O) groups excluding carboxylic acids is 3. The van der Waals surface area contributed by atoms with Crippen molar-refractivity contribution < 1.29 is 28.6 Å². The van der Waals surface area contributed by atoms with Crippen LogP contribution >= 0.6 is 27.5 Å². The average Bonchev–Trinajstić information content (AvgIpc) is 2.83. The number of Topliss-reactive ketones (excluding diaryl/α,β-unsaturated/α-hetero) is 1. The number of nitrogens with one attached hydrogen (secondary N) is 1. The van der Waals surface area contributed by atoms with Crippen molar-refractivity contribution >= 4 is 50.9 Å². The fourth-order valence-corrected chi connectivity index (χ4v) is 5.25. The quantitative estimate of drug-likeness (QED) is 0.417. The van der Waals surface area contributed by atoms with Gasteiger partial charge in [0.1, 0.15) is 17.1 Å². The summed E-state index contributed by atoms with van der Waals surface area (Å²) in [5, 5.41) is 3.28. The van der Waals surface area contributed by atoms with Crippen molar-refractivity contribution in [2.75, 3.05) is 19.0 Å². The summed E-state index contributed by atoms with van der Waals surface area (Å²) in [4.78, 5) is 39.0. The molecule has 10 heteroatoms. The van der Waals surface area contributed by atoms with E-state index in [1.165, 1.54) is 7.11 Å².